The number of aliphatic hydroxyl groups excluding tert-OH is 1. The molecule has 11 nitrogen and oxygen atoms in total. The van der Waals surface area contributed by atoms with Crippen molar-refractivity contribution < 1.29 is 53.6 Å². The van der Waals surface area contributed by atoms with Crippen LogP contribution in [0.25, 0.3) is 0 Å². The summed E-state index contributed by atoms with van der Waals surface area (Å²) < 4.78 is 8.28. The second-order valence-corrected chi connectivity index (χ2v) is 4.20. The van der Waals surface area contributed by atoms with E-state index in [1.54, 1.807) is 0 Å². The zero-order chi connectivity index (χ0) is 22.5. The number of cyclic esters (lactones) is 2. The summed E-state index contributed by atoms with van der Waals surface area (Å²) in [5.74, 6) is -5.51. The Labute approximate surface area is 160 Å². The number of hydrogen-bond donors (Lipinski definition) is 3. The molecule has 0 fully saturated rings. The van der Waals surface area contributed by atoms with Crippen molar-refractivity contribution in [3.8, 4) is 0 Å². The molecule has 0 aromatic heterocycles. The SMILES string of the molecule is CCC.CO.O=C(O)/C=C/C(=O)COC(=O)/C=C/C(=O)O.O=C1C=CC(=O)O1. The van der Waals surface area contributed by atoms with Crippen LogP contribution in [0, 0.1) is 0 Å². The molecule has 0 saturated heterocycles. The maximum Gasteiger partial charge on any atom is 0.338 e. The van der Waals surface area contributed by atoms with Crippen LogP contribution < -0.4 is 0 Å². The molecule has 11 heteroatoms. The summed E-state index contributed by atoms with van der Waals surface area (Å²) in [4.78, 5) is 61.4. The molecule has 0 unspecified atom stereocenters. The molecule has 0 saturated carbocycles. The molecule has 0 radical (unpaired) electrons. The summed E-state index contributed by atoms with van der Waals surface area (Å²) in [7, 11) is 1.00. The standard InChI is InChI=1S/C9H8O7.C4H2O3.C3H8.CH4O/c10-6(1-2-7(11)12)5-16-9(15)4-3-8(13)14;5-3-1-2-4(6)7-3;1-3-2;1-2/h1-4H,5H2,(H,11,12)(H,13,14);1-2H;3H2,1-2H3;2H,1H3/b2-1+,4-3+;;;. The van der Waals surface area contributed by atoms with Gasteiger partial charge in [-0.3, -0.25) is 4.79 Å². The highest BCUT2D eigenvalue weighted by atomic mass is 16.6. The maximum absolute atomic E-state index is 10.8. The third-order valence-corrected chi connectivity index (χ3v) is 1.69. The van der Waals surface area contributed by atoms with Crippen molar-refractivity contribution in [2.24, 2.45) is 0 Å². The predicted molar refractivity (Wildman–Crippen MR) is 93.9 cm³/mol. The number of ether oxygens (including phenoxy) is 2. The lowest BCUT2D eigenvalue weighted by atomic mass is 10.3. The van der Waals surface area contributed by atoms with E-state index in [0.29, 0.717) is 18.2 Å². The van der Waals surface area contributed by atoms with Crippen molar-refractivity contribution in [2.45, 2.75) is 20.3 Å². The summed E-state index contributed by atoms with van der Waals surface area (Å²) in [5.41, 5.74) is 0. The average Bonchev–Trinajstić information content (AvgIpc) is 3.02. The van der Waals surface area contributed by atoms with E-state index < -0.39 is 42.2 Å². The molecule has 1 heterocycles. The van der Waals surface area contributed by atoms with Crippen LogP contribution in [0.15, 0.2) is 36.5 Å². The van der Waals surface area contributed by atoms with Crippen LogP contribution >= 0.6 is 0 Å². The van der Waals surface area contributed by atoms with Crippen LogP contribution in [0.5, 0.6) is 0 Å². The number of carbonyl (C=O) groups is 6. The number of aliphatic carboxylic acids is 2. The van der Waals surface area contributed by atoms with Crippen LogP contribution in [-0.2, 0) is 38.2 Å². The summed E-state index contributed by atoms with van der Waals surface area (Å²) >= 11 is 0. The fraction of sp³-hybridized carbons (Fsp3) is 0.294. The van der Waals surface area contributed by atoms with Crippen molar-refractivity contribution in [1.29, 1.82) is 0 Å². The van der Waals surface area contributed by atoms with Crippen LogP contribution in [0.4, 0.5) is 0 Å². The van der Waals surface area contributed by atoms with E-state index in [9.17, 15) is 28.8 Å². The predicted octanol–water partition coefficient (Wildman–Crippen LogP) is 0.0311. The number of carboxylic acid groups (broad SMARTS) is 2. The lowest BCUT2D eigenvalue weighted by molar-refractivity contribution is -0.150. The molecule has 28 heavy (non-hydrogen) atoms. The molecule has 0 aromatic carbocycles. The van der Waals surface area contributed by atoms with Crippen molar-refractivity contribution in [3.63, 3.8) is 0 Å². The van der Waals surface area contributed by atoms with Crippen molar-refractivity contribution in [1.82, 2.24) is 0 Å². The molecule has 1 aliphatic rings. The zero-order valence-electron chi connectivity index (χ0n) is 15.5. The Hall–Kier alpha value is -3.60. The quantitative estimate of drug-likeness (QED) is 0.309. The molecule has 1 aliphatic heterocycles. The summed E-state index contributed by atoms with van der Waals surface area (Å²) in [5, 5.41) is 23.3. The molecule has 1 rings (SSSR count). The van der Waals surface area contributed by atoms with E-state index in [2.05, 4.69) is 23.3 Å². The minimum atomic E-state index is -1.32. The molecular formula is C17H22O11. The second kappa shape index (κ2) is 19.7. The molecule has 0 aliphatic carbocycles. The Morgan fingerprint density at radius 3 is 1.61 bits per heavy atom. The molecule has 0 amide bonds. The normalized spacial score (nSPS) is 11.3. The minimum absolute atomic E-state index is 0.555. The second-order valence-electron chi connectivity index (χ2n) is 4.20. The number of esters is 3. The van der Waals surface area contributed by atoms with Gasteiger partial charge in [0.05, 0.1) is 0 Å². The van der Waals surface area contributed by atoms with E-state index in [0.717, 1.165) is 25.3 Å². The Balaban J connectivity index is -0.000000425. The van der Waals surface area contributed by atoms with Gasteiger partial charge in [-0.1, -0.05) is 20.3 Å². The van der Waals surface area contributed by atoms with Gasteiger partial charge in [-0.2, -0.15) is 0 Å². The third kappa shape index (κ3) is 24.6. The summed E-state index contributed by atoms with van der Waals surface area (Å²) in [6.07, 6.45) is 5.95. The molecule has 3 N–H and O–H groups in total. The number of rotatable bonds is 6. The first-order valence-electron chi connectivity index (χ1n) is 7.52. The maximum atomic E-state index is 10.8. The number of aliphatic hydroxyl groups is 1. The van der Waals surface area contributed by atoms with E-state index in [1.807, 2.05) is 0 Å². The number of carbonyl (C=O) groups excluding carboxylic acids is 4. The van der Waals surface area contributed by atoms with Gasteiger partial charge >= 0.3 is 29.8 Å². The highest BCUT2D eigenvalue weighted by molar-refractivity contribution is 6.05. The van der Waals surface area contributed by atoms with Gasteiger partial charge in [0, 0.05) is 37.5 Å². The zero-order valence-corrected chi connectivity index (χ0v) is 15.5. The van der Waals surface area contributed by atoms with Crippen molar-refractivity contribution in [3.05, 3.63) is 36.5 Å². The average molecular weight is 402 g/mol. The largest absolute Gasteiger partial charge is 0.478 e. The first-order chi connectivity index (χ1) is 13.1. The fourth-order valence-electron chi connectivity index (χ4n) is 0.845. The molecule has 0 bridgehead atoms. The first-order valence-corrected chi connectivity index (χ1v) is 7.52. The van der Waals surface area contributed by atoms with E-state index >= 15 is 0 Å². The van der Waals surface area contributed by atoms with Crippen LogP contribution in [0.2, 0.25) is 0 Å². The lowest BCUT2D eigenvalue weighted by Crippen LogP contribution is -2.10. The minimum Gasteiger partial charge on any atom is -0.478 e. The molecule has 0 aromatic rings. The molecule has 0 spiro atoms. The van der Waals surface area contributed by atoms with E-state index in [4.69, 9.17) is 15.3 Å². The van der Waals surface area contributed by atoms with Gasteiger partial charge < -0.3 is 24.8 Å². The molecular weight excluding hydrogens is 380 g/mol. The molecule has 0 atom stereocenters. The lowest BCUT2D eigenvalue weighted by Gasteiger charge is -1.96. The Morgan fingerprint density at radius 2 is 1.29 bits per heavy atom. The van der Waals surface area contributed by atoms with Crippen molar-refractivity contribution >= 4 is 35.6 Å². The highest BCUT2D eigenvalue weighted by Crippen LogP contribution is 1.92. The highest BCUT2D eigenvalue weighted by Gasteiger charge is 2.10. The molecule has 156 valence electrons. The topological polar surface area (TPSA) is 182 Å². The van der Waals surface area contributed by atoms with Gasteiger partial charge in [-0.15, -0.1) is 0 Å². The summed E-state index contributed by atoms with van der Waals surface area (Å²) in [6.45, 7) is 3.60. The Kier molecular flexibility index (Phi) is 20.5. The van der Waals surface area contributed by atoms with Gasteiger partial charge in [0.25, 0.3) is 0 Å². The Morgan fingerprint density at radius 1 is 0.893 bits per heavy atom. The van der Waals surface area contributed by atoms with Gasteiger partial charge in [0.2, 0.25) is 0 Å². The van der Waals surface area contributed by atoms with Gasteiger partial charge in [0.1, 0.15) is 0 Å². The Bertz CT molecular complexity index is 575. The van der Waals surface area contributed by atoms with Gasteiger partial charge in [-0.05, 0) is 6.08 Å². The van der Waals surface area contributed by atoms with Crippen LogP contribution in [0.3, 0.4) is 0 Å². The van der Waals surface area contributed by atoms with Gasteiger partial charge in [0.15, 0.2) is 12.4 Å². The summed E-state index contributed by atoms with van der Waals surface area (Å²) in [6, 6.07) is 0. The third-order valence-electron chi connectivity index (χ3n) is 1.69. The van der Waals surface area contributed by atoms with Gasteiger partial charge in [-0.25, -0.2) is 24.0 Å². The first kappa shape index (κ1) is 29.2. The number of hydrogen-bond acceptors (Lipinski definition) is 9. The van der Waals surface area contributed by atoms with E-state index in [-0.39, 0.29) is 0 Å². The van der Waals surface area contributed by atoms with Crippen LogP contribution in [-0.4, -0.2) is 64.7 Å². The van der Waals surface area contributed by atoms with E-state index in [1.165, 1.54) is 6.42 Å². The van der Waals surface area contributed by atoms with Crippen LogP contribution in [0.1, 0.15) is 20.3 Å². The monoisotopic (exact) mass is 402 g/mol. The number of ketones is 1. The smallest absolute Gasteiger partial charge is 0.338 e. The van der Waals surface area contributed by atoms with Crippen molar-refractivity contribution in [2.75, 3.05) is 13.7 Å². The number of carboxylic acids is 2. The fourth-order valence-corrected chi connectivity index (χ4v) is 0.845.